The van der Waals surface area contributed by atoms with Crippen molar-refractivity contribution >= 4 is 10.1 Å². The molecule has 0 spiro atoms. The highest BCUT2D eigenvalue weighted by Crippen LogP contribution is 2.20. The molecule has 0 aromatic carbocycles. The number of quaternary nitrogens is 1. The van der Waals surface area contributed by atoms with E-state index in [1.54, 1.807) is 0 Å². The van der Waals surface area contributed by atoms with Crippen LogP contribution in [-0.4, -0.2) is 44.1 Å². The van der Waals surface area contributed by atoms with Crippen molar-refractivity contribution < 1.29 is 30.6 Å². The summed E-state index contributed by atoms with van der Waals surface area (Å²) in [5, 5.41) is 8.12. The Bertz CT molecular complexity index is 309. The number of hydrogen-bond acceptors (Lipinski definition) is 3. The molecular formula is C5H10F3N2O3S+. The lowest BCUT2D eigenvalue weighted by atomic mass is 10.8. The molecule has 9 heteroatoms. The molecule has 0 radical (unpaired) electrons. The van der Waals surface area contributed by atoms with Gasteiger partial charge in [0.15, 0.2) is 0 Å². The van der Waals surface area contributed by atoms with Crippen LogP contribution in [0.1, 0.15) is 0 Å². The molecule has 0 rings (SSSR count). The molecular weight excluding hydrogens is 225 g/mol. The highest BCUT2D eigenvalue weighted by molar-refractivity contribution is 7.86. The number of rotatable bonds is 0. The lowest BCUT2D eigenvalue weighted by Crippen LogP contribution is -2.26. The summed E-state index contributed by atoms with van der Waals surface area (Å²) < 4.78 is 57.9. The summed E-state index contributed by atoms with van der Waals surface area (Å²) in [5.74, 6) is 0. The second kappa shape index (κ2) is 4.59. The van der Waals surface area contributed by atoms with Gasteiger partial charge in [-0.05, 0) is 0 Å². The number of nitrogens with zero attached hydrogens (tertiary/aromatic N) is 2. The van der Waals surface area contributed by atoms with Crippen LogP contribution < -0.4 is 0 Å². The Kier molecular flexibility index (Phi) is 5.11. The first-order valence-electron chi connectivity index (χ1n) is 3.08. The minimum Gasteiger partial charge on any atom is -0.279 e. The van der Waals surface area contributed by atoms with Gasteiger partial charge in [-0.1, -0.05) is 0 Å². The lowest BCUT2D eigenvalue weighted by Gasteiger charge is -2.07. The zero-order valence-electron chi connectivity index (χ0n) is 7.70. The molecule has 0 saturated heterocycles. The van der Waals surface area contributed by atoms with Gasteiger partial charge in [0.25, 0.3) is 0 Å². The second-order valence-electron chi connectivity index (χ2n) is 3.03. The van der Waals surface area contributed by atoms with E-state index in [0.717, 1.165) is 0 Å². The van der Waals surface area contributed by atoms with E-state index in [2.05, 4.69) is 0 Å². The predicted octanol–water partition coefficient (Wildman–Crippen LogP) is 0.568. The minimum absolute atomic E-state index is 0.375. The molecule has 5 nitrogen and oxygen atoms in total. The van der Waals surface area contributed by atoms with E-state index in [0.29, 0.717) is 4.48 Å². The summed E-state index contributed by atoms with van der Waals surface area (Å²) in [6, 6.07) is 0. The summed E-state index contributed by atoms with van der Waals surface area (Å²) in [6.45, 7) is 0. The highest BCUT2D eigenvalue weighted by atomic mass is 32.2. The Labute approximate surface area is 79.7 Å². The van der Waals surface area contributed by atoms with E-state index in [9.17, 15) is 13.2 Å². The number of alkyl halides is 3. The monoisotopic (exact) mass is 235 g/mol. The zero-order valence-corrected chi connectivity index (χ0v) is 8.52. The van der Waals surface area contributed by atoms with Gasteiger partial charge in [-0.3, -0.25) is 4.55 Å². The Morgan fingerprint density at radius 3 is 1.43 bits per heavy atom. The van der Waals surface area contributed by atoms with Gasteiger partial charge in [-0.15, -0.1) is 5.26 Å². The van der Waals surface area contributed by atoms with Crippen molar-refractivity contribution in [2.75, 3.05) is 21.1 Å². The molecule has 0 aromatic heterocycles. The summed E-state index contributed by atoms with van der Waals surface area (Å²) in [7, 11) is -0.382. The van der Waals surface area contributed by atoms with Crippen molar-refractivity contribution in [3.8, 4) is 6.19 Å². The fourth-order valence-corrected chi connectivity index (χ4v) is 0. The number of nitriles is 1. The SMILES string of the molecule is C[N+](C)(C)C#N.O=S(=O)(O)C(F)(F)F. The minimum atomic E-state index is -5.84. The Balaban J connectivity index is 0. The van der Waals surface area contributed by atoms with E-state index in [-0.39, 0.29) is 0 Å². The van der Waals surface area contributed by atoms with E-state index in [4.69, 9.17) is 18.2 Å². The van der Waals surface area contributed by atoms with Gasteiger partial charge in [0.05, 0.1) is 21.1 Å². The maximum Gasteiger partial charge on any atom is 0.522 e. The zero-order chi connectivity index (χ0) is 12.2. The first-order chi connectivity index (χ1) is 5.81. The third kappa shape index (κ3) is 9.24. The lowest BCUT2D eigenvalue weighted by molar-refractivity contribution is -0.802. The third-order valence-corrected chi connectivity index (χ3v) is 1.18. The quantitative estimate of drug-likeness (QED) is 0.288. The topological polar surface area (TPSA) is 78.2 Å². The standard InChI is InChI=1S/C4H9N2.CHF3O3S/c1-6(2,3)4-5;2-1(3,4)8(5,6)7/h1-3H3;(H,5,6,7)/q+1;. The molecule has 0 aliphatic rings. The van der Waals surface area contributed by atoms with Gasteiger partial charge >= 0.3 is 21.8 Å². The number of hydrogen-bond donors (Lipinski definition) is 1. The van der Waals surface area contributed by atoms with E-state index >= 15 is 0 Å². The van der Waals surface area contributed by atoms with E-state index in [1.165, 1.54) is 0 Å². The molecule has 14 heavy (non-hydrogen) atoms. The molecule has 84 valence electrons. The van der Waals surface area contributed by atoms with Crippen LogP contribution in [0.2, 0.25) is 0 Å². The van der Waals surface area contributed by atoms with Gasteiger partial charge in [-0.25, -0.2) is 4.48 Å². The summed E-state index contributed by atoms with van der Waals surface area (Å²) >= 11 is 0. The van der Waals surface area contributed by atoms with Gasteiger partial charge in [0, 0.05) is 0 Å². The maximum atomic E-state index is 10.7. The van der Waals surface area contributed by atoms with Crippen LogP contribution in [0.25, 0.3) is 0 Å². The largest absolute Gasteiger partial charge is 0.522 e. The highest BCUT2D eigenvalue weighted by Gasteiger charge is 2.44. The Hall–Kier alpha value is -0.850. The molecule has 0 fully saturated rings. The first kappa shape index (κ1) is 15.6. The normalized spacial score (nSPS) is 12.4. The van der Waals surface area contributed by atoms with Crippen LogP contribution in [0.5, 0.6) is 0 Å². The second-order valence-corrected chi connectivity index (χ2v) is 4.45. The van der Waals surface area contributed by atoms with Crippen LogP contribution in [0.3, 0.4) is 0 Å². The maximum absolute atomic E-state index is 10.7. The average Bonchev–Trinajstić information content (AvgIpc) is 1.82. The van der Waals surface area contributed by atoms with Crippen LogP contribution in [0.15, 0.2) is 0 Å². The van der Waals surface area contributed by atoms with Gasteiger partial charge in [-0.2, -0.15) is 21.6 Å². The van der Waals surface area contributed by atoms with Crippen LogP contribution in [-0.2, 0) is 10.1 Å². The van der Waals surface area contributed by atoms with Crippen molar-refractivity contribution in [1.82, 2.24) is 0 Å². The van der Waals surface area contributed by atoms with Crippen molar-refractivity contribution in [3.63, 3.8) is 0 Å². The van der Waals surface area contributed by atoms with Gasteiger partial charge in [0.2, 0.25) is 0 Å². The van der Waals surface area contributed by atoms with E-state index < -0.39 is 15.6 Å². The first-order valence-corrected chi connectivity index (χ1v) is 4.52. The van der Waals surface area contributed by atoms with Crippen LogP contribution in [0, 0.1) is 11.5 Å². The predicted molar refractivity (Wildman–Crippen MR) is 41.2 cm³/mol. The number of halogens is 3. The average molecular weight is 235 g/mol. The Morgan fingerprint density at radius 1 is 1.29 bits per heavy atom. The van der Waals surface area contributed by atoms with Gasteiger partial charge in [0.1, 0.15) is 0 Å². The molecule has 0 saturated carbocycles. The summed E-state index contributed by atoms with van der Waals surface area (Å²) in [6.07, 6.45) is 2.04. The fraction of sp³-hybridized carbons (Fsp3) is 0.800. The molecule has 0 bridgehead atoms. The van der Waals surface area contributed by atoms with Crippen LogP contribution >= 0.6 is 0 Å². The molecule has 0 aliphatic carbocycles. The molecule has 0 heterocycles. The fourth-order valence-electron chi connectivity index (χ4n) is 0. The van der Waals surface area contributed by atoms with Crippen molar-refractivity contribution in [3.05, 3.63) is 0 Å². The molecule has 0 aromatic rings. The van der Waals surface area contributed by atoms with E-state index in [1.807, 2.05) is 27.3 Å². The van der Waals surface area contributed by atoms with Gasteiger partial charge < -0.3 is 0 Å². The molecule has 0 atom stereocenters. The van der Waals surface area contributed by atoms with Crippen molar-refractivity contribution in [2.24, 2.45) is 0 Å². The molecule has 0 amide bonds. The van der Waals surface area contributed by atoms with Crippen molar-refractivity contribution in [1.29, 1.82) is 5.26 Å². The van der Waals surface area contributed by atoms with Crippen LogP contribution in [0.4, 0.5) is 13.2 Å². The summed E-state index contributed by atoms with van der Waals surface area (Å²) in [5.41, 5.74) is -5.53. The molecule has 1 N–H and O–H groups in total. The van der Waals surface area contributed by atoms with Crippen molar-refractivity contribution in [2.45, 2.75) is 5.51 Å². The summed E-state index contributed by atoms with van der Waals surface area (Å²) in [4.78, 5) is 0. The Morgan fingerprint density at radius 2 is 1.43 bits per heavy atom. The third-order valence-electron chi connectivity index (χ3n) is 0.592. The molecule has 0 unspecified atom stereocenters. The molecule has 0 aliphatic heterocycles. The smallest absolute Gasteiger partial charge is 0.279 e.